The first-order valence-electron chi connectivity index (χ1n) is 7.29. The topological polar surface area (TPSA) is 57.6 Å². The van der Waals surface area contributed by atoms with Gasteiger partial charge in [-0.1, -0.05) is 18.2 Å². The van der Waals surface area contributed by atoms with Crippen molar-refractivity contribution < 1.29 is 14.7 Å². The summed E-state index contributed by atoms with van der Waals surface area (Å²) in [6.45, 7) is 1.02. The first-order chi connectivity index (χ1) is 10.6. The number of carbonyl (C=O) groups is 2. The van der Waals surface area contributed by atoms with E-state index in [4.69, 9.17) is 0 Å². The Balaban J connectivity index is 2.02. The molecule has 1 aliphatic heterocycles. The highest BCUT2D eigenvalue weighted by molar-refractivity contribution is 6.14. The maximum absolute atomic E-state index is 12.7. The lowest BCUT2D eigenvalue weighted by Gasteiger charge is -2.27. The molecule has 1 aliphatic rings. The average molecular weight is 295 g/mol. The summed E-state index contributed by atoms with van der Waals surface area (Å²) in [5.41, 5.74) is 3.12. The molecule has 0 saturated carbocycles. The van der Waals surface area contributed by atoms with Gasteiger partial charge in [0.25, 0.3) is 0 Å². The maximum Gasteiger partial charge on any atom is 0.336 e. The summed E-state index contributed by atoms with van der Waals surface area (Å²) >= 11 is 0. The van der Waals surface area contributed by atoms with Gasteiger partial charge in [-0.15, -0.1) is 0 Å². The van der Waals surface area contributed by atoms with Gasteiger partial charge in [-0.2, -0.15) is 0 Å². The third-order valence-electron chi connectivity index (χ3n) is 4.09. The average Bonchev–Trinajstić information content (AvgIpc) is 2.54. The number of aryl methyl sites for hydroxylation is 1. The van der Waals surface area contributed by atoms with E-state index in [1.54, 1.807) is 24.3 Å². The molecular formula is C18H17NO3. The summed E-state index contributed by atoms with van der Waals surface area (Å²) in [4.78, 5) is 26.1. The number of benzene rings is 2. The van der Waals surface area contributed by atoms with E-state index < -0.39 is 5.97 Å². The summed E-state index contributed by atoms with van der Waals surface area (Å²) in [6, 6.07) is 12.0. The van der Waals surface area contributed by atoms with Gasteiger partial charge in [-0.05, 0) is 42.7 Å². The second kappa shape index (κ2) is 5.64. The van der Waals surface area contributed by atoms with E-state index in [0.29, 0.717) is 5.56 Å². The minimum atomic E-state index is -1.08. The maximum atomic E-state index is 12.7. The van der Waals surface area contributed by atoms with E-state index >= 15 is 0 Å². The minimum absolute atomic E-state index is 0.0438. The lowest BCUT2D eigenvalue weighted by atomic mass is 9.94. The minimum Gasteiger partial charge on any atom is -0.478 e. The van der Waals surface area contributed by atoms with Gasteiger partial charge in [0.15, 0.2) is 5.78 Å². The zero-order chi connectivity index (χ0) is 15.7. The molecule has 2 aromatic rings. The van der Waals surface area contributed by atoms with Gasteiger partial charge in [0.1, 0.15) is 0 Å². The molecule has 0 bridgehead atoms. The monoisotopic (exact) mass is 295 g/mol. The second-order valence-corrected chi connectivity index (χ2v) is 5.55. The zero-order valence-corrected chi connectivity index (χ0v) is 12.4. The number of carbonyl (C=O) groups excluding carboxylic acids is 1. The van der Waals surface area contributed by atoms with Crippen LogP contribution in [0.2, 0.25) is 0 Å². The number of carboxylic acids is 1. The summed E-state index contributed by atoms with van der Waals surface area (Å²) in [5, 5.41) is 9.23. The van der Waals surface area contributed by atoms with Crippen LogP contribution in [0.25, 0.3) is 0 Å². The van der Waals surface area contributed by atoms with Crippen molar-refractivity contribution in [1.29, 1.82) is 0 Å². The summed E-state index contributed by atoms with van der Waals surface area (Å²) < 4.78 is 0. The molecule has 0 saturated heterocycles. The highest BCUT2D eigenvalue weighted by Crippen LogP contribution is 2.28. The number of anilines is 1. The lowest BCUT2D eigenvalue weighted by Crippen LogP contribution is -2.24. The Morgan fingerprint density at radius 2 is 1.82 bits per heavy atom. The van der Waals surface area contributed by atoms with E-state index in [1.165, 1.54) is 6.07 Å². The highest BCUT2D eigenvalue weighted by Gasteiger charge is 2.20. The predicted molar refractivity (Wildman–Crippen MR) is 84.9 cm³/mol. The zero-order valence-electron chi connectivity index (χ0n) is 12.4. The van der Waals surface area contributed by atoms with Crippen molar-refractivity contribution in [2.45, 2.75) is 12.8 Å². The smallest absolute Gasteiger partial charge is 0.336 e. The van der Waals surface area contributed by atoms with Crippen LogP contribution in [0, 0.1) is 0 Å². The number of aromatic carboxylic acids is 1. The number of fused-ring (bicyclic) bond motifs is 1. The van der Waals surface area contributed by atoms with Crippen LogP contribution in [0.1, 0.15) is 38.3 Å². The molecule has 3 rings (SSSR count). The third kappa shape index (κ3) is 2.48. The third-order valence-corrected chi connectivity index (χ3v) is 4.09. The van der Waals surface area contributed by atoms with E-state index in [0.717, 1.165) is 30.6 Å². The van der Waals surface area contributed by atoms with Crippen LogP contribution in [0.4, 0.5) is 5.69 Å². The van der Waals surface area contributed by atoms with Crippen molar-refractivity contribution in [2.24, 2.45) is 0 Å². The first kappa shape index (κ1) is 14.3. The largest absolute Gasteiger partial charge is 0.478 e. The molecule has 4 nitrogen and oxygen atoms in total. The molecule has 0 atom stereocenters. The molecule has 0 aromatic heterocycles. The van der Waals surface area contributed by atoms with Crippen LogP contribution in [-0.2, 0) is 6.42 Å². The summed E-state index contributed by atoms with van der Waals surface area (Å²) in [5.74, 6) is -1.32. The second-order valence-electron chi connectivity index (χ2n) is 5.55. The van der Waals surface area contributed by atoms with Crippen LogP contribution in [-0.4, -0.2) is 30.5 Å². The van der Waals surface area contributed by atoms with Crippen molar-refractivity contribution >= 4 is 17.4 Å². The van der Waals surface area contributed by atoms with Crippen molar-refractivity contribution in [1.82, 2.24) is 0 Å². The molecule has 2 aromatic carbocycles. The van der Waals surface area contributed by atoms with Gasteiger partial charge in [-0.3, -0.25) is 4.79 Å². The normalized spacial score (nSPS) is 13.6. The predicted octanol–water partition coefficient (Wildman–Crippen LogP) is 3.00. The molecule has 22 heavy (non-hydrogen) atoms. The summed E-state index contributed by atoms with van der Waals surface area (Å²) in [7, 11) is 2.04. The molecule has 1 N–H and O–H groups in total. The Labute approximate surface area is 129 Å². The Hall–Kier alpha value is -2.62. The van der Waals surface area contributed by atoms with Gasteiger partial charge in [-0.25, -0.2) is 4.79 Å². The van der Waals surface area contributed by atoms with Gasteiger partial charge in [0, 0.05) is 30.4 Å². The number of nitrogens with zero attached hydrogens (tertiary/aromatic N) is 1. The van der Waals surface area contributed by atoms with Crippen molar-refractivity contribution in [3.8, 4) is 0 Å². The molecule has 0 amide bonds. The van der Waals surface area contributed by atoms with Gasteiger partial charge < -0.3 is 10.0 Å². The van der Waals surface area contributed by atoms with E-state index in [1.807, 2.05) is 19.2 Å². The van der Waals surface area contributed by atoms with Crippen molar-refractivity contribution in [3.05, 3.63) is 64.7 Å². The summed E-state index contributed by atoms with van der Waals surface area (Å²) in [6.07, 6.45) is 2.01. The fourth-order valence-corrected chi connectivity index (χ4v) is 2.95. The number of hydrogen-bond acceptors (Lipinski definition) is 3. The van der Waals surface area contributed by atoms with E-state index in [9.17, 15) is 14.7 Å². The van der Waals surface area contributed by atoms with Gasteiger partial charge >= 0.3 is 5.97 Å². The fraction of sp³-hybridized carbons (Fsp3) is 0.222. The van der Waals surface area contributed by atoms with Crippen LogP contribution >= 0.6 is 0 Å². The number of carboxylic acid groups (broad SMARTS) is 1. The lowest BCUT2D eigenvalue weighted by molar-refractivity contribution is 0.0693. The quantitative estimate of drug-likeness (QED) is 0.884. The molecule has 4 heteroatoms. The molecule has 0 unspecified atom stereocenters. The van der Waals surface area contributed by atoms with Crippen molar-refractivity contribution in [2.75, 3.05) is 18.5 Å². The highest BCUT2D eigenvalue weighted by atomic mass is 16.4. The first-order valence-corrected chi connectivity index (χ1v) is 7.29. The SMILES string of the molecule is CN1CCCc2cc(C(=O)c3ccccc3C(=O)O)ccc21. The van der Waals surface area contributed by atoms with Crippen molar-refractivity contribution in [3.63, 3.8) is 0 Å². The van der Waals surface area contributed by atoms with Crippen LogP contribution in [0.3, 0.4) is 0 Å². The Kier molecular flexibility index (Phi) is 3.67. The van der Waals surface area contributed by atoms with Crippen LogP contribution in [0.5, 0.6) is 0 Å². The Morgan fingerprint density at radius 1 is 1.09 bits per heavy atom. The standard InChI is InChI=1S/C18H17NO3/c1-19-10-4-5-12-11-13(8-9-16(12)19)17(20)14-6-2-3-7-15(14)18(21)22/h2-3,6-9,11H,4-5,10H2,1H3,(H,21,22). The van der Waals surface area contributed by atoms with E-state index in [-0.39, 0.29) is 16.9 Å². The fourth-order valence-electron chi connectivity index (χ4n) is 2.95. The number of ketones is 1. The molecule has 0 radical (unpaired) electrons. The van der Waals surface area contributed by atoms with E-state index in [2.05, 4.69) is 4.90 Å². The molecule has 1 heterocycles. The molecule has 112 valence electrons. The molecular weight excluding hydrogens is 278 g/mol. The molecule has 0 aliphatic carbocycles. The molecule has 0 fully saturated rings. The van der Waals surface area contributed by atoms with Crippen LogP contribution in [0.15, 0.2) is 42.5 Å². The molecule has 0 spiro atoms. The van der Waals surface area contributed by atoms with Gasteiger partial charge in [0.2, 0.25) is 0 Å². The van der Waals surface area contributed by atoms with Gasteiger partial charge in [0.05, 0.1) is 5.56 Å². The van der Waals surface area contributed by atoms with Crippen LogP contribution < -0.4 is 4.90 Å². The Morgan fingerprint density at radius 3 is 2.55 bits per heavy atom. The Bertz CT molecular complexity index is 752. The number of rotatable bonds is 3. The number of hydrogen-bond donors (Lipinski definition) is 1.